The highest BCUT2D eigenvalue weighted by molar-refractivity contribution is 5.97. The summed E-state index contributed by atoms with van der Waals surface area (Å²) < 4.78 is 0. The average molecular weight is 349 g/mol. The maximum absolute atomic E-state index is 13.0. The smallest absolute Gasteiger partial charge is 0.167 e. The number of hydrogen-bond donors (Lipinski definition) is 0. The fraction of sp³-hybridized carbons (Fsp3) is 0.455. The van der Waals surface area contributed by atoms with Gasteiger partial charge in [-0.1, -0.05) is 30.3 Å². The van der Waals surface area contributed by atoms with Crippen LogP contribution in [0.3, 0.4) is 0 Å². The van der Waals surface area contributed by atoms with Crippen LogP contribution in [0.15, 0.2) is 48.7 Å². The zero-order valence-electron chi connectivity index (χ0n) is 15.6. The molecule has 2 atom stereocenters. The van der Waals surface area contributed by atoms with Crippen molar-refractivity contribution in [3.8, 4) is 0 Å². The maximum atomic E-state index is 13.0. The average Bonchev–Trinajstić information content (AvgIpc) is 2.90. The molecule has 2 fully saturated rings. The van der Waals surface area contributed by atoms with Gasteiger partial charge in [-0.25, -0.2) is 4.98 Å². The zero-order chi connectivity index (χ0) is 18.1. The molecule has 0 aliphatic carbocycles. The number of Topliss-reactive ketones (excluding diaryl/α,β-unsaturated/α-hetero) is 1. The van der Waals surface area contributed by atoms with E-state index in [-0.39, 0.29) is 11.7 Å². The van der Waals surface area contributed by atoms with Crippen LogP contribution in [-0.4, -0.2) is 41.8 Å². The van der Waals surface area contributed by atoms with Gasteiger partial charge in [-0.3, -0.25) is 9.69 Å². The van der Waals surface area contributed by atoms with Gasteiger partial charge in [0.05, 0.1) is 0 Å². The molecule has 2 unspecified atom stereocenters. The van der Waals surface area contributed by atoms with E-state index in [9.17, 15) is 4.79 Å². The molecule has 4 heteroatoms. The molecule has 3 heterocycles. The van der Waals surface area contributed by atoms with Crippen LogP contribution < -0.4 is 4.90 Å². The topological polar surface area (TPSA) is 36.4 Å². The van der Waals surface area contributed by atoms with Crippen molar-refractivity contribution in [1.82, 2.24) is 9.88 Å². The lowest BCUT2D eigenvalue weighted by Crippen LogP contribution is -2.44. The van der Waals surface area contributed by atoms with Crippen LogP contribution in [-0.2, 0) is 6.54 Å². The molecule has 4 rings (SSSR count). The summed E-state index contributed by atoms with van der Waals surface area (Å²) >= 11 is 0. The number of fused-ring (bicyclic) bond motifs is 2. The Balaban J connectivity index is 1.44. The predicted octanol–water partition coefficient (Wildman–Crippen LogP) is 3.77. The Labute approximate surface area is 155 Å². The monoisotopic (exact) mass is 349 g/mol. The summed E-state index contributed by atoms with van der Waals surface area (Å²) in [6.45, 7) is 1.01. The van der Waals surface area contributed by atoms with Crippen molar-refractivity contribution in [2.75, 3.05) is 19.0 Å². The fourth-order valence-corrected chi connectivity index (χ4v) is 4.57. The predicted molar refractivity (Wildman–Crippen MR) is 104 cm³/mol. The number of carbonyl (C=O) groups is 1. The molecule has 0 amide bonds. The zero-order valence-corrected chi connectivity index (χ0v) is 15.6. The van der Waals surface area contributed by atoms with E-state index in [1.807, 2.05) is 31.1 Å². The molecule has 26 heavy (non-hydrogen) atoms. The Bertz CT molecular complexity index is 743. The Hall–Kier alpha value is -2.20. The van der Waals surface area contributed by atoms with Crippen LogP contribution in [0.25, 0.3) is 0 Å². The molecule has 136 valence electrons. The Morgan fingerprint density at radius 1 is 1.08 bits per heavy atom. The van der Waals surface area contributed by atoms with Crippen molar-refractivity contribution >= 4 is 11.6 Å². The first-order valence-corrected chi connectivity index (χ1v) is 9.59. The Morgan fingerprint density at radius 2 is 1.77 bits per heavy atom. The SMILES string of the molecule is CN(C)c1ccc(C(=O)C2CC3CCC(C2)N3Cc2ccccc2)cn1. The van der Waals surface area contributed by atoms with Gasteiger partial charge >= 0.3 is 0 Å². The van der Waals surface area contributed by atoms with Crippen molar-refractivity contribution in [2.45, 2.75) is 44.3 Å². The van der Waals surface area contributed by atoms with Crippen molar-refractivity contribution in [2.24, 2.45) is 5.92 Å². The Kier molecular flexibility index (Phi) is 4.77. The van der Waals surface area contributed by atoms with Gasteiger partial charge in [-0.15, -0.1) is 0 Å². The van der Waals surface area contributed by atoms with Gasteiger partial charge in [0.2, 0.25) is 0 Å². The summed E-state index contributed by atoms with van der Waals surface area (Å²) in [6, 6.07) is 15.6. The number of anilines is 1. The molecule has 2 saturated heterocycles. The fourth-order valence-electron chi connectivity index (χ4n) is 4.57. The van der Waals surface area contributed by atoms with Crippen molar-refractivity contribution in [3.05, 3.63) is 59.8 Å². The maximum Gasteiger partial charge on any atom is 0.167 e. The number of pyridine rings is 1. The van der Waals surface area contributed by atoms with E-state index in [4.69, 9.17) is 0 Å². The van der Waals surface area contributed by atoms with Gasteiger partial charge in [-0.2, -0.15) is 0 Å². The molecule has 0 spiro atoms. The number of ketones is 1. The molecule has 1 aromatic heterocycles. The van der Waals surface area contributed by atoms with Crippen molar-refractivity contribution in [1.29, 1.82) is 0 Å². The number of aromatic nitrogens is 1. The largest absolute Gasteiger partial charge is 0.363 e. The first-order valence-electron chi connectivity index (χ1n) is 9.59. The highest BCUT2D eigenvalue weighted by Gasteiger charge is 2.42. The summed E-state index contributed by atoms with van der Waals surface area (Å²) in [5.41, 5.74) is 2.13. The lowest BCUT2D eigenvalue weighted by Gasteiger charge is -2.38. The van der Waals surface area contributed by atoms with Gasteiger partial charge < -0.3 is 4.90 Å². The minimum absolute atomic E-state index is 0.145. The number of carbonyl (C=O) groups excluding carboxylic acids is 1. The number of piperidine rings is 1. The molecule has 2 bridgehead atoms. The molecule has 2 aromatic rings. The summed E-state index contributed by atoms with van der Waals surface area (Å²) in [7, 11) is 3.92. The summed E-state index contributed by atoms with van der Waals surface area (Å²) in [5, 5.41) is 0. The Morgan fingerprint density at radius 3 is 2.35 bits per heavy atom. The standard InChI is InChI=1S/C22H27N3O/c1-24(2)21-11-8-17(14-23-21)22(26)18-12-19-9-10-20(13-18)25(19)15-16-6-4-3-5-7-16/h3-8,11,14,18-20H,9-10,12-13,15H2,1-2H3. The third kappa shape index (κ3) is 3.38. The molecule has 2 aliphatic heterocycles. The van der Waals surface area contributed by atoms with E-state index < -0.39 is 0 Å². The van der Waals surface area contributed by atoms with Crippen LogP contribution in [0.5, 0.6) is 0 Å². The number of benzene rings is 1. The van der Waals surface area contributed by atoms with Crippen LogP contribution in [0.2, 0.25) is 0 Å². The normalized spacial score (nSPS) is 25.2. The highest BCUT2D eigenvalue weighted by Crippen LogP contribution is 2.40. The number of rotatable bonds is 5. The third-order valence-electron chi connectivity index (χ3n) is 5.95. The second kappa shape index (κ2) is 7.20. The third-order valence-corrected chi connectivity index (χ3v) is 5.95. The highest BCUT2D eigenvalue weighted by atomic mass is 16.1. The van der Waals surface area contributed by atoms with E-state index in [0.29, 0.717) is 12.1 Å². The van der Waals surface area contributed by atoms with E-state index in [2.05, 4.69) is 40.2 Å². The molecule has 0 radical (unpaired) electrons. The van der Waals surface area contributed by atoms with Gasteiger partial charge in [0.1, 0.15) is 5.82 Å². The van der Waals surface area contributed by atoms with Gasteiger partial charge in [0.15, 0.2) is 5.78 Å². The molecular weight excluding hydrogens is 322 g/mol. The minimum Gasteiger partial charge on any atom is -0.363 e. The molecular formula is C22H27N3O. The number of hydrogen-bond acceptors (Lipinski definition) is 4. The lowest BCUT2D eigenvalue weighted by molar-refractivity contribution is 0.0678. The first-order chi connectivity index (χ1) is 12.6. The van der Waals surface area contributed by atoms with Gasteiger partial charge in [0.25, 0.3) is 0 Å². The van der Waals surface area contributed by atoms with Crippen LogP contribution in [0.1, 0.15) is 41.6 Å². The van der Waals surface area contributed by atoms with E-state index >= 15 is 0 Å². The van der Waals surface area contributed by atoms with Crippen LogP contribution in [0.4, 0.5) is 5.82 Å². The number of nitrogens with zero attached hydrogens (tertiary/aromatic N) is 3. The summed E-state index contributed by atoms with van der Waals surface area (Å²) in [5.74, 6) is 1.31. The van der Waals surface area contributed by atoms with Gasteiger partial charge in [-0.05, 0) is 43.4 Å². The summed E-state index contributed by atoms with van der Waals surface area (Å²) in [6.07, 6.45) is 6.16. The second-order valence-electron chi connectivity index (χ2n) is 7.88. The minimum atomic E-state index is 0.145. The van der Waals surface area contributed by atoms with E-state index in [0.717, 1.165) is 30.8 Å². The first kappa shape index (κ1) is 17.2. The molecule has 1 aromatic carbocycles. The van der Waals surface area contributed by atoms with Crippen molar-refractivity contribution in [3.63, 3.8) is 0 Å². The molecule has 0 N–H and O–H groups in total. The second-order valence-corrected chi connectivity index (χ2v) is 7.88. The van der Waals surface area contributed by atoms with E-state index in [1.54, 1.807) is 6.20 Å². The molecule has 2 aliphatic rings. The quantitative estimate of drug-likeness (QED) is 0.770. The van der Waals surface area contributed by atoms with Crippen molar-refractivity contribution < 1.29 is 4.79 Å². The molecule has 0 saturated carbocycles. The summed E-state index contributed by atoms with van der Waals surface area (Å²) in [4.78, 5) is 22.0. The lowest BCUT2D eigenvalue weighted by atomic mass is 9.85. The van der Waals surface area contributed by atoms with Crippen LogP contribution >= 0.6 is 0 Å². The molecule has 4 nitrogen and oxygen atoms in total. The van der Waals surface area contributed by atoms with Crippen LogP contribution in [0, 0.1) is 5.92 Å². The van der Waals surface area contributed by atoms with E-state index in [1.165, 1.54) is 18.4 Å². The van der Waals surface area contributed by atoms with Gasteiger partial charge in [0, 0.05) is 50.4 Å².